The highest BCUT2D eigenvalue weighted by molar-refractivity contribution is 5.73. The molecule has 0 saturated carbocycles. The predicted octanol–water partition coefficient (Wildman–Crippen LogP) is 3.39. The smallest absolute Gasteiger partial charge is 0.314 e. The Balaban J connectivity index is 1.65. The molecule has 0 aromatic heterocycles. The Morgan fingerprint density at radius 2 is 1.64 bits per heavy atom. The van der Waals surface area contributed by atoms with E-state index in [1.165, 1.54) is 22.3 Å². The van der Waals surface area contributed by atoms with E-state index in [9.17, 15) is 4.79 Å². The van der Waals surface area contributed by atoms with Crippen molar-refractivity contribution in [2.75, 3.05) is 13.1 Å². The van der Waals surface area contributed by atoms with Gasteiger partial charge >= 0.3 is 6.03 Å². The number of rotatable bonds is 6. The molecule has 2 aromatic rings. The van der Waals surface area contributed by atoms with Crippen molar-refractivity contribution in [3.05, 3.63) is 70.8 Å². The maximum absolute atomic E-state index is 11.8. The fourth-order valence-corrected chi connectivity index (χ4v) is 2.45. The molecular formula is C19H24N2O. The van der Waals surface area contributed by atoms with Gasteiger partial charge in [0, 0.05) is 13.1 Å². The Labute approximate surface area is 132 Å². The molecule has 2 amide bonds. The third-order valence-corrected chi connectivity index (χ3v) is 3.72. The van der Waals surface area contributed by atoms with Gasteiger partial charge in [-0.3, -0.25) is 0 Å². The van der Waals surface area contributed by atoms with Gasteiger partial charge in [-0.05, 0) is 43.4 Å². The number of hydrogen-bond donors (Lipinski definition) is 2. The summed E-state index contributed by atoms with van der Waals surface area (Å²) in [6, 6.07) is 16.5. The summed E-state index contributed by atoms with van der Waals surface area (Å²) in [6.45, 7) is 5.48. The van der Waals surface area contributed by atoms with E-state index in [1.54, 1.807) is 0 Å². The lowest BCUT2D eigenvalue weighted by Crippen LogP contribution is -2.37. The molecule has 0 spiro atoms. The van der Waals surface area contributed by atoms with Crippen molar-refractivity contribution in [3.8, 4) is 0 Å². The lowest BCUT2D eigenvalue weighted by molar-refractivity contribution is 0.241. The minimum Gasteiger partial charge on any atom is -0.338 e. The fourth-order valence-electron chi connectivity index (χ4n) is 2.45. The maximum Gasteiger partial charge on any atom is 0.314 e. The zero-order valence-corrected chi connectivity index (χ0v) is 13.4. The minimum absolute atomic E-state index is 0.0961. The Morgan fingerprint density at radius 3 is 2.36 bits per heavy atom. The van der Waals surface area contributed by atoms with E-state index in [0.29, 0.717) is 13.1 Å². The van der Waals surface area contributed by atoms with Crippen LogP contribution >= 0.6 is 0 Å². The fraction of sp³-hybridized carbons (Fsp3) is 0.316. The summed E-state index contributed by atoms with van der Waals surface area (Å²) < 4.78 is 0. The van der Waals surface area contributed by atoms with E-state index in [1.807, 2.05) is 18.2 Å². The molecule has 22 heavy (non-hydrogen) atoms. The van der Waals surface area contributed by atoms with Crippen molar-refractivity contribution >= 4 is 6.03 Å². The first-order valence-electron chi connectivity index (χ1n) is 7.77. The van der Waals surface area contributed by atoms with Gasteiger partial charge < -0.3 is 10.6 Å². The third-order valence-electron chi connectivity index (χ3n) is 3.72. The Kier molecular flexibility index (Phi) is 6.01. The Bertz CT molecular complexity index is 622. The zero-order chi connectivity index (χ0) is 15.8. The van der Waals surface area contributed by atoms with Crippen LogP contribution in [-0.4, -0.2) is 19.1 Å². The quantitative estimate of drug-likeness (QED) is 0.843. The molecule has 0 bridgehead atoms. The minimum atomic E-state index is -0.0961. The third kappa shape index (κ3) is 5.24. The van der Waals surface area contributed by atoms with Crippen LogP contribution in [0.1, 0.15) is 22.3 Å². The molecule has 3 nitrogen and oxygen atoms in total. The summed E-state index contributed by atoms with van der Waals surface area (Å²) in [5, 5.41) is 5.81. The van der Waals surface area contributed by atoms with Crippen molar-refractivity contribution in [2.45, 2.75) is 26.7 Å². The molecule has 0 saturated heterocycles. The molecule has 3 heteroatoms. The summed E-state index contributed by atoms with van der Waals surface area (Å²) >= 11 is 0. The molecule has 0 aliphatic heterocycles. The zero-order valence-electron chi connectivity index (χ0n) is 13.4. The molecule has 0 atom stereocenters. The average Bonchev–Trinajstić information content (AvgIpc) is 2.49. The second kappa shape index (κ2) is 8.23. The SMILES string of the molecule is Cc1cccc(CCNC(=O)NCCc2ccccc2C)c1. The van der Waals surface area contributed by atoms with Crippen LogP contribution in [-0.2, 0) is 12.8 Å². The van der Waals surface area contributed by atoms with Gasteiger partial charge in [0.2, 0.25) is 0 Å². The molecule has 0 heterocycles. The lowest BCUT2D eigenvalue weighted by Gasteiger charge is -2.09. The monoisotopic (exact) mass is 296 g/mol. The van der Waals surface area contributed by atoms with E-state index in [2.05, 4.69) is 54.8 Å². The largest absolute Gasteiger partial charge is 0.338 e. The van der Waals surface area contributed by atoms with Crippen LogP contribution < -0.4 is 10.6 Å². The van der Waals surface area contributed by atoms with Crippen LogP contribution in [0.2, 0.25) is 0 Å². The van der Waals surface area contributed by atoms with Gasteiger partial charge in [-0.15, -0.1) is 0 Å². The van der Waals surface area contributed by atoms with Gasteiger partial charge in [0.1, 0.15) is 0 Å². The number of benzene rings is 2. The summed E-state index contributed by atoms with van der Waals surface area (Å²) in [7, 11) is 0. The molecule has 2 aromatic carbocycles. The van der Waals surface area contributed by atoms with Crippen LogP contribution in [0.5, 0.6) is 0 Å². The Morgan fingerprint density at radius 1 is 0.909 bits per heavy atom. The van der Waals surface area contributed by atoms with E-state index in [0.717, 1.165) is 12.8 Å². The highest BCUT2D eigenvalue weighted by atomic mass is 16.2. The predicted molar refractivity (Wildman–Crippen MR) is 91.2 cm³/mol. The second-order valence-corrected chi connectivity index (χ2v) is 5.60. The number of hydrogen-bond acceptors (Lipinski definition) is 1. The molecule has 2 rings (SSSR count). The number of amides is 2. The molecule has 0 aliphatic carbocycles. The molecular weight excluding hydrogens is 272 g/mol. The van der Waals surface area contributed by atoms with Crippen molar-refractivity contribution in [3.63, 3.8) is 0 Å². The first kappa shape index (κ1) is 16.1. The van der Waals surface area contributed by atoms with Crippen LogP contribution in [0.15, 0.2) is 48.5 Å². The van der Waals surface area contributed by atoms with E-state index in [4.69, 9.17) is 0 Å². The molecule has 116 valence electrons. The standard InChI is InChI=1S/C19H24N2O/c1-15-6-5-8-17(14-15)10-12-20-19(22)21-13-11-18-9-4-3-7-16(18)2/h3-9,14H,10-13H2,1-2H3,(H2,20,21,22). The summed E-state index contributed by atoms with van der Waals surface area (Å²) in [5.41, 5.74) is 5.05. The number of urea groups is 1. The number of carbonyl (C=O) groups is 1. The van der Waals surface area contributed by atoms with Gasteiger partial charge in [0.15, 0.2) is 0 Å². The summed E-state index contributed by atoms with van der Waals surface area (Å²) in [5.74, 6) is 0. The Hall–Kier alpha value is -2.29. The van der Waals surface area contributed by atoms with Crippen LogP contribution in [0.3, 0.4) is 0 Å². The van der Waals surface area contributed by atoms with E-state index < -0.39 is 0 Å². The molecule has 2 N–H and O–H groups in total. The van der Waals surface area contributed by atoms with Crippen molar-refractivity contribution in [1.82, 2.24) is 10.6 Å². The first-order valence-corrected chi connectivity index (χ1v) is 7.77. The lowest BCUT2D eigenvalue weighted by atomic mass is 10.1. The number of carbonyl (C=O) groups excluding carboxylic acids is 1. The van der Waals surface area contributed by atoms with E-state index in [-0.39, 0.29) is 6.03 Å². The van der Waals surface area contributed by atoms with Crippen molar-refractivity contribution < 1.29 is 4.79 Å². The highest BCUT2D eigenvalue weighted by Gasteiger charge is 2.01. The van der Waals surface area contributed by atoms with Gasteiger partial charge in [0.25, 0.3) is 0 Å². The summed E-state index contributed by atoms with van der Waals surface area (Å²) in [4.78, 5) is 11.8. The van der Waals surface area contributed by atoms with Gasteiger partial charge in [-0.1, -0.05) is 54.1 Å². The topological polar surface area (TPSA) is 41.1 Å². The van der Waals surface area contributed by atoms with E-state index >= 15 is 0 Å². The van der Waals surface area contributed by atoms with Crippen LogP contribution in [0, 0.1) is 13.8 Å². The number of nitrogens with one attached hydrogen (secondary N) is 2. The number of aryl methyl sites for hydroxylation is 2. The second-order valence-electron chi connectivity index (χ2n) is 5.60. The van der Waals surface area contributed by atoms with Gasteiger partial charge in [0.05, 0.1) is 0 Å². The maximum atomic E-state index is 11.8. The normalized spacial score (nSPS) is 10.3. The molecule has 0 fully saturated rings. The van der Waals surface area contributed by atoms with Crippen molar-refractivity contribution in [1.29, 1.82) is 0 Å². The molecule has 0 aliphatic rings. The molecule has 0 unspecified atom stereocenters. The highest BCUT2D eigenvalue weighted by Crippen LogP contribution is 2.06. The van der Waals surface area contributed by atoms with Crippen LogP contribution in [0.4, 0.5) is 4.79 Å². The average molecular weight is 296 g/mol. The van der Waals surface area contributed by atoms with Gasteiger partial charge in [-0.25, -0.2) is 4.79 Å². The summed E-state index contributed by atoms with van der Waals surface area (Å²) in [6.07, 6.45) is 1.71. The van der Waals surface area contributed by atoms with Crippen molar-refractivity contribution in [2.24, 2.45) is 0 Å². The molecule has 0 radical (unpaired) electrons. The first-order chi connectivity index (χ1) is 10.6. The van der Waals surface area contributed by atoms with Gasteiger partial charge in [-0.2, -0.15) is 0 Å². The van der Waals surface area contributed by atoms with Crippen LogP contribution in [0.25, 0.3) is 0 Å².